The fourth-order valence-corrected chi connectivity index (χ4v) is 4.32. The molecule has 0 radical (unpaired) electrons. The van der Waals surface area contributed by atoms with Crippen molar-refractivity contribution < 1.29 is 0 Å². The second-order valence-corrected chi connectivity index (χ2v) is 7.73. The van der Waals surface area contributed by atoms with Crippen LogP contribution in [0.5, 0.6) is 0 Å². The van der Waals surface area contributed by atoms with E-state index in [1.54, 1.807) is 0 Å². The largest absolute Gasteiger partial charge is 0.351 e. The van der Waals surface area contributed by atoms with E-state index in [4.69, 9.17) is 0 Å². The third kappa shape index (κ3) is 2.91. The van der Waals surface area contributed by atoms with Crippen LogP contribution in [0.1, 0.15) is 22.6 Å². The highest BCUT2D eigenvalue weighted by Crippen LogP contribution is 2.32. The van der Waals surface area contributed by atoms with Crippen molar-refractivity contribution >= 4 is 21.8 Å². The molecule has 0 aliphatic carbocycles. The molecule has 28 heavy (non-hydrogen) atoms. The topological polar surface area (TPSA) is 9.86 Å². The lowest BCUT2D eigenvalue weighted by Crippen LogP contribution is -2.05. The number of aromatic nitrogens is 2. The van der Waals surface area contributed by atoms with Crippen LogP contribution >= 0.6 is 0 Å². The maximum absolute atomic E-state index is 2.36. The monoisotopic (exact) mass is 364 g/mol. The van der Waals surface area contributed by atoms with Crippen LogP contribution in [-0.4, -0.2) is 9.13 Å². The zero-order chi connectivity index (χ0) is 19.1. The molecule has 0 N–H and O–H groups in total. The van der Waals surface area contributed by atoms with Crippen molar-refractivity contribution in [3.05, 3.63) is 108 Å². The van der Waals surface area contributed by atoms with E-state index in [1.807, 2.05) is 0 Å². The van der Waals surface area contributed by atoms with Crippen LogP contribution in [0.3, 0.4) is 0 Å². The first-order valence-electron chi connectivity index (χ1n) is 9.83. The van der Waals surface area contributed by atoms with Gasteiger partial charge in [0, 0.05) is 43.4 Å². The summed E-state index contributed by atoms with van der Waals surface area (Å²) in [6.45, 7) is 0. The summed E-state index contributed by atoms with van der Waals surface area (Å²) in [5.74, 6) is 0.340. The summed E-state index contributed by atoms with van der Waals surface area (Å²) in [7, 11) is 4.20. The summed E-state index contributed by atoms with van der Waals surface area (Å²) in [6, 6.07) is 29.0. The molecule has 3 aromatic carbocycles. The summed E-state index contributed by atoms with van der Waals surface area (Å²) in [5, 5.41) is 2.62. The molecule has 0 saturated heterocycles. The molecular weight excluding hydrogens is 340 g/mol. The highest BCUT2D eigenvalue weighted by molar-refractivity contribution is 5.82. The third-order valence-electron chi connectivity index (χ3n) is 5.90. The van der Waals surface area contributed by atoms with Crippen molar-refractivity contribution in [1.29, 1.82) is 0 Å². The second-order valence-electron chi connectivity index (χ2n) is 7.73. The Morgan fingerprint density at radius 2 is 1.29 bits per heavy atom. The Balaban J connectivity index is 1.58. The zero-order valence-corrected chi connectivity index (χ0v) is 16.3. The van der Waals surface area contributed by atoms with Crippen LogP contribution in [0.4, 0.5) is 0 Å². The van der Waals surface area contributed by atoms with Gasteiger partial charge in [-0.1, -0.05) is 42.5 Å². The summed E-state index contributed by atoms with van der Waals surface area (Å²) in [4.78, 5) is 0. The van der Waals surface area contributed by atoms with E-state index in [9.17, 15) is 0 Å². The number of fused-ring (bicyclic) bond motifs is 2. The SMILES string of the molecule is Cn1ccc2cc(C[C@@H](c3ccccc3)c3ccc4c(ccn4C)c3)ccc21. The van der Waals surface area contributed by atoms with Gasteiger partial charge in [-0.25, -0.2) is 0 Å². The highest BCUT2D eigenvalue weighted by Gasteiger charge is 2.16. The lowest BCUT2D eigenvalue weighted by Gasteiger charge is -2.19. The molecule has 0 aliphatic heterocycles. The quantitative estimate of drug-likeness (QED) is 0.368. The molecular formula is C26H24N2. The molecule has 0 amide bonds. The van der Waals surface area contributed by atoms with E-state index in [0.717, 1.165) is 6.42 Å². The Bertz CT molecular complexity index is 1260. The van der Waals surface area contributed by atoms with E-state index in [1.165, 1.54) is 38.5 Å². The fourth-order valence-electron chi connectivity index (χ4n) is 4.32. The fraction of sp³-hybridized carbons (Fsp3) is 0.154. The first-order valence-corrected chi connectivity index (χ1v) is 9.83. The Morgan fingerprint density at radius 3 is 2.00 bits per heavy atom. The van der Waals surface area contributed by atoms with E-state index in [0.29, 0.717) is 5.92 Å². The van der Waals surface area contributed by atoms with E-state index >= 15 is 0 Å². The molecule has 0 saturated carbocycles. The third-order valence-corrected chi connectivity index (χ3v) is 5.90. The number of benzene rings is 3. The van der Waals surface area contributed by atoms with Gasteiger partial charge in [0.25, 0.3) is 0 Å². The standard InChI is InChI=1S/C26H24N2/c1-27-14-12-22-16-19(8-10-25(22)27)17-24(20-6-4-3-5-7-20)21-9-11-26-23(18-21)13-15-28(26)2/h3-16,18,24H,17H2,1-2H3/t24-/m0/s1. The zero-order valence-electron chi connectivity index (χ0n) is 16.3. The van der Waals surface area contributed by atoms with Gasteiger partial charge in [0.2, 0.25) is 0 Å². The van der Waals surface area contributed by atoms with Gasteiger partial charge in [-0.05, 0) is 70.3 Å². The molecule has 0 fully saturated rings. The van der Waals surface area contributed by atoms with Crippen molar-refractivity contribution in [3.8, 4) is 0 Å². The molecule has 2 heteroatoms. The maximum Gasteiger partial charge on any atom is 0.0477 e. The molecule has 2 nitrogen and oxygen atoms in total. The minimum atomic E-state index is 0.340. The van der Waals surface area contributed by atoms with Crippen molar-refractivity contribution in [2.45, 2.75) is 12.3 Å². The Kier molecular flexibility index (Phi) is 4.05. The summed E-state index contributed by atoms with van der Waals surface area (Å²) >= 11 is 0. The Hall–Kier alpha value is -3.26. The van der Waals surface area contributed by atoms with Gasteiger partial charge in [-0.3, -0.25) is 0 Å². The molecule has 1 atom stereocenters. The molecule has 0 spiro atoms. The van der Waals surface area contributed by atoms with Crippen molar-refractivity contribution in [1.82, 2.24) is 9.13 Å². The number of rotatable bonds is 4. The number of hydrogen-bond donors (Lipinski definition) is 0. The number of hydrogen-bond acceptors (Lipinski definition) is 0. The molecule has 5 rings (SSSR count). The molecule has 0 unspecified atom stereocenters. The van der Waals surface area contributed by atoms with Crippen LogP contribution in [-0.2, 0) is 20.5 Å². The van der Waals surface area contributed by atoms with Gasteiger partial charge >= 0.3 is 0 Å². The van der Waals surface area contributed by atoms with Gasteiger partial charge in [-0.2, -0.15) is 0 Å². The smallest absolute Gasteiger partial charge is 0.0477 e. The van der Waals surface area contributed by atoms with Gasteiger partial charge in [0.1, 0.15) is 0 Å². The molecule has 2 aromatic heterocycles. The average Bonchev–Trinajstić information content (AvgIpc) is 3.29. The van der Waals surface area contributed by atoms with Gasteiger partial charge < -0.3 is 9.13 Å². The van der Waals surface area contributed by atoms with Crippen LogP contribution in [0, 0.1) is 0 Å². The van der Waals surface area contributed by atoms with Crippen LogP contribution in [0.15, 0.2) is 91.3 Å². The van der Waals surface area contributed by atoms with Crippen LogP contribution < -0.4 is 0 Å². The van der Waals surface area contributed by atoms with Gasteiger partial charge in [0.15, 0.2) is 0 Å². The van der Waals surface area contributed by atoms with E-state index in [2.05, 4.69) is 114 Å². The molecule has 5 aromatic rings. The van der Waals surface area contributed by atoms with Gasteiger partial charge in [-0.15, -0.1) is 0 Å². The van der Waals surface area contributed by atoms with Crippen LogP contribution in [0.25, 0.3) is 21.8 Å². The predicted octanol–water partition coefficient (Wildman–Crippen LogP) is 6.04. The molecule has 0 aliphatic rings. The molecule has 2 heterocycles. The van der Waals surface area contributed by atoms with E-state index in [-0.39, 0.29) is 0 Å². The Labute approximate surface area is 165 Å². The number of aryl methyl sites for hydroxylation is 2. The van der Waals surface area contributed by atoms with E-state index < -0.39 is 0 Å². The Morgan fingerprint density at radius 1 is 0.643 bits per heavy atom. The normalized spacial score (nSPS) is 12.6. The lowest BCUT2D eigenvalue weighted by atomic mass is 9.85. The summed E-state index contributed by atoms with van der Waals surface area (Å²) < 4.78 is 4.36. The molecule has 138 valence electrons. The first-order chi connectivity index (χ1) is 13.7. The predicted molar refractivity (Wildman–Crippen MR) is 118 cm³/mol. The second kappa shape index (κ2) is 6.72. The minimum absolute atomic E-state index is 0.340. The van der Waals surface area contributed by atoms with Crippen molar-refractivity contribution in [2.24, 2.45) is 14.1 Å². The van der Waals surface area contributed by atoms with Gasteiger partial charge in [0.05, 0.1) is 0 Å². The molecule has 0 bridgehead atoms. The lowest BCUT2D eigenvalue weighted by molar-refractivity contribution is 0.807. The summed E-state index contributed by atoms with van der Waals surface area (Å²) in [6.07, 6.45) is 5.26. The minimum Gasteiger partial charge on any atom is -0.351 e. The summed E-state index contributed by atoms with van der Waals surface area (Å²) in [5.41, 5.74) is 6.68. The highest BCUT2D eigenvalue weighted by atomic mass is 14.9. The first kappa shape index (κ1) is 16.9. The van der Waals surface area contributed by atoms with Crippen molar-refractivity contribution in [2.75, 3.05) is 0 Å². The maximum atomic E-state index is 2.36. The number of nitrogens with zero attached hydrogens (tertiary/aromatic N) is 2. The van der Waals surface area contributed by atoms with Crippen LogP contribution in [0.2, 0.25) is 0 Å². The van der Waals surface area contributed by atoms with Crippen molar-refractivity contribution in [3.63, 3.8) is 0 Å². The average molecular weight is 364 g/mol.